The molecule has 1 N–H and O–H groups in total. The third kappa shape index (κ3) is 3.33. The van der Waals surface area contributed by atoms with Crippen LogP contribution in [0.25, 0.3) is 33.9 Å². The van der Waals surface area contributed by atoms with Crippen LogP contribution in [-0.2, 0) is 0 Å². The number of H-pyrrole nitrogens is 1. The molecular weight excluding hydrogens is 456 g/mol. The first-order valence-corrected chi connectivity index (χ1v) is 10.5. The van der Waals surface area contributed by atoms with Crippen molar-refractivity contribution in [2.24, 2.45) is 0 Å². The van der Waals surface area contributed by atoms with Crippen LogP contribution in [0.3, 0.4) is 0 Å². The maximum Gasteiger partial charge on any atom is 0.332 e. The summed E-state index contributed by atoms with van der Waals surface area (Å²) in [7, 11) is 0. The lowest BCUT2D eigenvalue weighted by Gasteiger charge is -2.13. The van der Waals surface area contributed by atoms with Gasteiger partial charge < -0.3 is 0 Å². The molecule has 0 saturated carbocycles. The highest BCUT2D eigenvalue weighted by molar-refractivity contribution is 9.10. The van der Waals surface area contributed by atoms with Crippen molar-refractivity contribution in [2.45, 2.75) is 6.92 Å². The van der Waals surface area contributed by atoms with E-state index in [0.29, 0.717) is 22.8 Å². The number of aromatic nitrogens is 4. The fraction of sp³-hybridized carbons (Fsp3) is 0.0417. The van der Waals surface area contributed by atoms with Gasteiger partial charge in [-0.3, -0.25) is 14.3 Å². The molecule has 0 aliphatic rings. The van der Waals surface area contributed by atoms with Crippen molar-refractivity contribution in [3.63, 3.8) is 0 Å². The van der Waals surface area contributed by atoms with Gasteiger partial charge in [-0.25, -0.2) is 14.3 Å². The van der Waals surface area contributed by atoms with Crippen LogP contribution in [-0.4, -0.2) is 19.1 Å². The third-order valence-corrected chi connectivity index (χ3v) is 5.65. The van der Waals surface area contributed by atoms with Gasteiger partial charge in [-0.1, -0.05) is 64.0 Å². The average molecular weight is 473 g/mol. The fourth-order valence-corrected chi connectivity index (χ4v) is 3.85. The zero-order valence-electron chi connectivity index (χ0n) is 16.5. The SMILES string of the molecule is Cc1ccc(-c2nc3c([nH]c(=O)n3-c3ccccc3)c(=O)n2-c2ccc(Br)cc2)cc1. The van der Waals surface area contributed by atoms with Gasteiger partial charge in [0.15, 0.2) is 11.2 Å². The summed E-state index contributed by atoms with van der Waals surface area (Å²) in [6.07, 6.45) is 0. The molecule has 3 aromatic carbocycles. The number of para-hydroxylation sites is 1. The van der Waals surface area contributed by atoms with Crippen LogP contribution >= 0.6 is 15.9 Å². The highest BCUT2D eigenvalue weighted by atomic mass is 79.9. The van der Waals surface area contributed by atoms with Gasteiger partial charge in [-0.15, -0.1) is 0 Å². The first kappa shape index (κ1) is 19.3. The van der Waals surface area contributed by atoms with Crippen molar-refractivity contribution >= 4 is 27.1 Å². The van der Waals surface area contributed by atoms with Crippen LogP contribution in [0.1, 0.15) is 5.56 Å². The van der Waals surface area contributed by atoms with E-state index < -0.39 is 5.69 Å². The Hall–Kier alpha value is -3.71. The average Bonchev–Trinajstić information content (AvgIpc) is 3.12. The number of hydrogen-bond acceptors (Lipinski definition) is 3. The van der Waals surface area contributed by atoms with E-state index in [1.54, 1.807) is 0 Å². The summed E-state index contributed by atoms with van der Waals surface area (Å²) in [5.74, 6) is 0.462. The largest absolute Gasteiger partial charge is 0.332 e. The standard InChI is InChI=1S/C24H17BrN4O2/c1-15-7-9-16(10-8-15)21-27-22-20(23(30)28(21)19-13-11-17(25)12-14-19)26-24(31)29(22)18-5-3-2-4-6-18/h2-14H,1H3,(H,26,31). The Morgan fingerprint density at radius 1 is 0.806 bits per heavy atom. The topological polar surface area (TPSA) is 72.7 Å². The first-order valence-electron chi connectivity index (χ1n) is 9.69. The Kier molecular flexibility index (Phi) is 4.67. The predicted molar refractivity (Wildman–Crippen MR) is 125 cm³/mol. The molecule has 0 saturated heterocycles. The summed E-state index contributed by atoms with van der Waals surface area (Å²) in [5.41, 5.74) is 2.89. The molecule has 2 heterocycles. The van der Waals surface area contributed by atoms with Gasteiger partial charge in [0, 0.05) is 10.0 Å². The lowest BCUT2D eigenvalue weighted by Crippen LogP contribution is -2.22. The van der Waals surface area contributed by atoms with Crippen LogP contribution in [0.5, 0.6) is 0 Å². The smallest absolute Gasteiger partial charge is 0.299 e. The van der Waals surface area contributed by atoms with Crippen molar-refractivity contribution in [1.29, 1.82) is 0 Å². The second-order valence-electron chi connectivity index (χ2n) is 7.22. The third-order valence-electron chi connectivity index (χ3n) is 5.12. The minimum Gasteiger partial charge on any atom is -0.299 e. The van der Waals surface area contributed by atoms with E-state index in [1.165, 1.54) is 9.13 Å². The van der Waals surface area contributed by atoms with E-state index in [9.17, 15) is 9.59 Å². The van der Waals surface area contributed by atoms with Crippen molar-refractivity contribution in [2.75, 3.05) is 0 Å². The Morgan fingerprint density at radius 3 is 2.13 bits per heavy atom. The molecular formula is C24H17BrN4O2. The Balaban J connectivity index is 1.90. The first-order chi connectivity index (χ1) is 15.0. The summed E-state index contributed by atoms with van der Waals surface area (Å²) in [6, 6.07) is 24.4. The molecule has 6 nitrogen and oxygen atoms in total. The highest BCUT2D eigenvalue weighted by Crippen LogP contribution is 2.24. The summed E-state index contributed by atoms with van der Waals surface area (Å²) >= 11 is 3.43. The minimum atomic E-state index is -0.408. The number of hydrogen-bond donors (Lipinski definition) is 1. The molecule has 0 aliphatic heterocycles. The number of nitrogens with zero attached hydrogens (tertiary/aromatic N) is 3. The molecule has 5 rings (SSSR count). The van der Waals surface area contributed by atoms with Gasteiger partial charge in [0.05, 0.1) is 11.4 Å². The minimum absolute atomic E-state index is 0.160. The summed E-state index contributed by atoms with van der Waals surface area (Å²) in [5, 5.41) is 0. The molecule has 0 fully saturated rings. The summed E-state index contributed by atoms with van der Waals surface area (Å²) in [4.78, 5) is 33.9. The van der Waals surface area contributed by atoms with Crippen LogP contribution < -0.4 is 11.2 Å². The van der Waals surface area contributed by atoms with Gasteiger partial charge in [0.2, 0.25) is 0 Å². The van der Waals surface area contributed by atoms with E-state index >= 15 is 0 Å². The monoisotopic (exact) mass is 472 g/mol. The molecule has 0 atom stereocenters. The van der Waals surface area contributed by atoms with E-state index in [-0.39, 0.29) is 11.1 Å². The lowest BCUT2D eigenvalue weighted by molar-refractivity contribution is 0.957. The molecule has 0 radical (unpaired) electrons. The van der Waals surface area contributed by atoms with Gasteiger partial charge in [0.1, 0.15) is 5.82 Å². The van der Waals surface area contributed by atoms with Crippen molar-refractivity contribution < 1.29 is 0 Å². The van der Waals surface area contributed by atoms with Crippen molar-refractivity contribution in [1.82, 2.24) is 19.1 Å². The molecule has 2 aromatic heterocycles. The Bertz CT molecular complexity index is 1510. The van der Waals surface area contributed by atoms with Gasteiger partial charge >= 0.3 is 5.69 Å². The fourth-order valence-electron chi connectivity index (χ4n) is 3.58. The quantitative estimate of drug-likeness (QED) is 0.416. The maximum atomic E-state index is 13.6. The molecule has 0 spiro atoms. The molecule has 0 bridgehead atoms. The van der Waals surface area contributed by atoms with Gasteiger partial charge in [-0.2, -0.15) is 0 Å². The molecule has 5 aromatic rings. The van der Waals surface area contributed by atoms with Crippen molar-refractivity contribution in [3.8, 4) is 22.8 Å². The second-order valence-corrected chi connectivity index (χ2v) is 8.13. The van der Waals surface area contributed by atoms with Crippen LogP contribution in [0.2, 0.25) is 0 Å². The molecule has 0 aliphatic carbocycles. The van der Waals surface area contributed by atoms with E-state index in [2.05, 4.69) is 20.9 Å². The number of halogens is 1. The van der Waals surface area contributed by atoms with E-state index in [1.807, 2.05) is 85.8 Å². The van der Waals surface area contributed by atoms with Gasteiger partial charge in [-0.05, 0) is 43.3 Å². The van der Waals surface area contributed by atoms with Gasteiger partial charge in [0.25, 0.3) is 5.56 Å². The second kappa shape index (κ2) is 7.52. The van der Waals surface area contributed by atoms with Crippen LogP contribution in [0.4, 0.5) is 0 Å². The van der Waals surface area contributed by atoms with Crippen molar-refractivity contribution in [3.05, 3.63) is 110 Å². The summed E-state index contributed by atoms with van der Waals surface area (Å²) in [6.45, 7) is 2.00. The number of nitrogens with one attached hydrogen (secondary N) is 1. The number of fused-ring (bicyclic) bond motifs is 1. The van der Waals surface area contributed by atoms with Crippen LogP contribution in [0.15, 0.2) is 92.9 Å². The number of benzene rings is 3. The van der Waals surface area contributed by atoms with Crippen LogP contribution in [0, 0.1) is 6.92 Å². The number of imidazole rings is 1. The zero-order chi connectivity index (χ0) is 21.5. The number of aryl methyl sites for hydroxylation is 1. The van der Waals surface area contributed by atoms with E-state index in [4.69, 9.17) is 4.98 Å². The normalized spacial score (nSPS) is 11.2. The molecule has 7 heteroatoms. The summed E-state index contributed by atoms with van der Waals surface area (Å²) < 4.78 is 3.87. The molecule has 0 amide bonds. The predicted octanol–water partition coefficient (Wildman–Crippen LogP) is 4.60. The molecule has 152 valence electrons. The lowest BCUT2D eigenvalue weighted by atomic mass is 10.1. The molecule has 31 heavy (non-hydrogen) atoms. The highest BCUT2D eigenvalue weighted by Gasteiger charge is 2.20. The molecule has 0 unspecified atom stereocenters. The Morgan fingerprint density at radius 2 is 1.45 bits per heavy atom. The van der Waals surface area contributed by atoms with E-state index in [0.717, 1.165) is 15.6 Å². The number of aromatic amines is 1. The Labute approximate surface area is 185 Å². The maximum absolute atomic E-state index is 13.6. The number of rotatable bonds is 3. The zero-order valence-corrected chi connectivity index (χ0v) is 18.1.